The summed E-state index contributed by atoms with van der Waals surface area (Å²) >= 11 is 1.72. The predicted molar refractivity (Wildman–Crippen MR) is 122 cm³/mol. The van der Waals surface area contributed by atoms with E-state index in [0.717, 1.165) is 63.9 Å². The number of hydrogen-bond donors (Lipinski definition) is 3. The third-order valence-corrected chi connectivity index (χ3v) is 5.21. The molecule has 1 aromatic rings. The van der Waals surface area contributed by atoms with Crippen LogP contribution in [0.2, 0.25) is 0 Å². The van der Waals surface area contributed by atoms with Gasteiger partial charge in [0, 0.05) is 44.5 Å². The van der Waals surface area contributed by atoms with Crippen molar-refractivity contribution in [1.29, 1.82) is 0 Å². The minimum absolute atomic E-state index is 0. The number of guanidine groups is 1. The Hall–Kier alpha value is -0.490. The van der Waals surface area contributed by atoms with Gasteiger partial charge < -0.3 is 20.5 Å². The summed E-state index contributed by atoms with van der Waals surface area (Å²) in [6.45, 7) is 11.7. The first kappa shape index (κ1) is 24.5. The number of aromatic nitrogens is 1. The molecule has 1 unspecified atom stereocenters. The Balaban J connectivity index is 0.00000364. The van der Waals surface area contributed by atoms with Crippen molar-refractivity contribution in [3.8, 4) is 0 Å². The second-order valence-corrected chi connectivity index (χ2v) is 7.79. The number of ether oxygens (including phenoxy) is 1. The molecule has 2 heterocycles. The van der Waals surface area contributed by atoms with Crippen molar-refractivity contribution < 1.29 is 9.84 Å². The van der Waals surface area contributed by atoms with Gasteiger partial charge in [-0.3, -0.25) is 9.89 Å². The number of aryl methyl sites for hydroxylation is 1. The fourth-order valence-corrected chi connectivity index (χ4v) is 3.60. The molecule has 0 saturated carbocycles. The molecule has 7 nitrogen and oxygen atoms in total. The molecule has 2 rings (SSSR count). The summed E-state index contributed by atoms with van der Waals surface area (Å²) in [7, 11) is 0. The number of β-amino-alcohol motifs (C(OH)–C–C–N with tert-alkyl or cyclic N) is 1. The van der Waals surface area contributed by atoms with Crippen LogP contribution in [0.1, 0.15) is 31.5 Å². The van der Waals surface area contributed by atoms with Crippen LogP contribution in [0.3, 0.4) is 0 Å². The first-order valence-electron chi connectivity index (χ1n) is 9.50. The lowest BCUT2D eigenvalue weighted by Gasteiger charge is -2.33. The Morgan fingerprint density at radius 1 is 1.37 bits per heavy atom. The molecule has 1 fully saturated rings. The van der Waals surface area contributed by atoms with E-state index in [9.17, 15) is 5.11 Å². The number of halogens is 1. The molecular formula is C18H34IN5O2S. The fraction of sp³-hybridized carbons (Fsp3) is 0.778. The highest BCUT2D eigenvalue weighted by molar-refractivity contribution is 14.0. The summed E-state index contributed by atoms with van der Waals surface area (Å²) in [5, 5.41) is 20.5. The van der Waals surface area contributed by atoms with E-state index in [2.05, 4.69) is 37.8 Å². The highest BCUT2D eigenvalue weighted by Gasteiger charge is 2.25. The van der Waals surface area contributed by atoms with E-state index in [-0.39, 0.29) is 24.0 Å². The Labute approximate surface area is 184 Å². The van der Waals surface area contributed by atoms with Gasteiger partial charge in [-0.1, -0.05) is 6.92 Å². The van der Waals surface area contributed by atoms with Crippen molar-refractivity contribution in [2.24, 2.45) is 4.99 Å². The van der Waals surface area contributed by atoms with Gasteiger partial charge in [0.1, 0.15) is 0 Å². The third kappa shape index (κ3) is 9.51. The van der Waals surface area contributed by atoms with Crippen molar-refractivity contribution in [3.63, 3.8) is 0 Å². The topological polar surface area (TPSA) is 82.0 Å². The zero-order valence-electron chi connectivity index (χ0n) is 16.7. The van der Waals surface area contributed by atoms with Crippen molar-refractivity contribution in [3.05, 3.63) is 16.1 Å². The fourth-order valence-electron chi connectivity index (χ4n) is 2.82. The number of aliphatic hydroxyl groups is 1. The Morgan fingerprint density at radius 3 is 2.74 bits per heavy atom. The van der Waals surface area contributed by atoms with Gasteiger partial charge >= 0.3 is 0 Å². The second-order valence-electron chi connectivity index (χ2n) is 6.84. The number of rotatable bonds is 9. The maximum atomic E-state index is 10.7. The van der Waals surface area contributed by atoms with E-state index in [1.165, 1.54) is 5.01 Å². The molecule has 1 aliphatic rings. The molecule has 0 aliphatic carbocycles. The van der Waals surface area contributed by atoms with Gasteiger partial charge in [-0.25, -0.2) is 4.98 Å². The van der Waals surface area contributed by atoms with Crippen molar-refractivity contribution in [2.45, 2.75) is 39.2 Å². The van der Waals surface area contributed by atoms with Crippen LogP contribution in [-0.4, -0.2) is 79.0 Å². The van der Waals surface area contributed by atoms with Gasteiger partial charge in [-0.2, -0.15) is 0 Å². The zero-order chi connectivity index (χ0) is 18.8. The third-order valence-electron chi connectivity index (χ3n) is 4.17. The van der Waals surface area contributed by atoms with Crippen LogP contribution < -0.4 is 10.6 Å². The molecule has 0 amide bonds. The van der Waals surface area contributed by atoms with E-state index in [1.807, 2.05) is 13.8 Å². The molecule has 3 N–H and O–H groups in total. The molecule has 156 valence electrons. The Morgan fingerprint density at radius 2 is 2.11 bits per heavy atom. The smallest absolute Gasteiger partial charge is 0.191 e. The van der Waals surface area contributed by atoms with E-state index in [0.29, 0.717) is 13.1 Å². The average molecular weight is 511 g/mol. The van der Waals surface area contributed by atoms with Crippen LogP contribution >= 0.6 is 35.3 Å². The maximum Gasteiger partial charge on any atom is 0.191 e. The monoisotopic (exact) mass is 511 g/mol. The number of morpholine rings is 1. The van der Waals surface area contributed by atoms with Crippen LogP contribution in [0.25, 0.3) is 0 Å². The molecule has 1 aliphatic heterocycles. The first-order valence-corrected chi connectivity index (χ1v) is 10.4. The lowest BCUT2D eigenvalue weighted by Crippen LogP contribution is -2.48. The van der Waals surface area contributed by atoms with Crippen molar-refractivity contribution >= 4 is 41.3 Å². The number of nitrogens with zero attached hydrogens (tertiary/aromatic N) is 3. The molecule has 27 heavy (non-hydrogen) atoms. The summed E-state index contributed by atoms with van der Waals surface area (Å²) in [5.41, 5.74) is 0.263. The van der Waals surface area contributed by atoms with Crippen molar-refractivity contribution in [2.75, 3.05) is 52.5 Å². The first-order chi connectivity index (χ1) is 12.5. The minimum Gasteiger partial charge on any atom is -0.387 e. The molecule has 1 aromatic heterocycles. The number of nitrogens with one attached hydrogen (secondary N) is 2. The van der Waals surface area contributed by atoms with Gasteiger partial charge in [-0.15, -0.1) is 35.3 Å². The highest BCUT2D eigenvalue weighted by atomic mass is 127. The van der Waals surface area contributed by atoms with Crippen LogP contribution in [-0.2, 0) is 17.6 Å². The lowest BCUT2D eigenvalue weighted by atomic mass is 10.1. The Kier molecular flexibility index (Phi) is 11.7. The summed E-state index contributed by atoms with van der Waals surface area (Å²) in [6, 6.07) is 0. The second kappa shape index (κ2) is 12.9. The van der Waals surface area contributed by atoms with Gasteiger partial charge in [0.05, 0.1) is 36.1 Å². The van der Waals surface area contributed by atoms with Gasteiger partial charge in [0.2, 0.25) is 0 Å². The SMILES string of the molecule is CCNC(=NCC(C)(O)CN1CCOCC1)NCCc1csc(CC)n1.I. The summed E-state index contributed by atoms with van der Waals surface area (Å²) < 4.78 is 5.36. The highest BCUT2D eigenvalue weighted by Crippen LogP contribution is 2.11. The molecule has 1 saturated heterocycles. The van der Waals surface area contributed by atoms with Crippen LogP contribution in [0.15, 0.2) is 10.4 Å². The number of hydrogen-bond acceptors (Lipinski definition) is 6. The molecule has 0 aromatic carbocycles. The summed E-state index contributed by atoms with van der Waals surface area (Å²) in [5.74, 6) is 0.737. The standard InChI is InChI=1S/C18H33N5O2S.HI/c1-4-16-22-15(12-26-16)6-7-20-17(19-5-2)21-13-18(3,24)14-23-8-10-25-11-9-23;/h12,24H,4-11,13-14H2,1-3H3,(H2,19,20,21);1H. The van der Waals surface area contributed by atoms with Gasteiger partial charge in [0.25, 0.3) is 0 Å². The summed E-state index contributed by atoms with van der Waals surface area (Å²) in [6.07, 6.45) is 1.85. The van der Waals surface area contributed by atoms with E-state index >= 15 is 0 Å². The Bertz CT molecular complexity index is 562. The normalized spacial score (nSPS) is 17.9. The lowest BCUT2D eigenvalue weighted by molar-refractivity contribution is -0.0179. The molecule has 0 radical (unpaired) electrons. The minimum atomic E-state index is -0.857. The van der Waals surface area contributed by atoms with E-state index in [1.54, 1.807) is 11.3 Å². The molecule has 9 heteroatoms. The zero-order valence-corrected chi connectivity index (χ0v) is 19.8. The molecule has 1 atom stereocenters. The molecular weight excluding hydrogens is 477 g/mol. The van der Waals surface area contributed by atoms with E-state index < -0.39 is 5.60 Å². The van der Waals surface area contributed by atoms with Crippen LogP contribution in [0.4, 0.5) is 0 Å². The largest absolute Gasteiger partial charge is 0.387 e. The number of thiazole rings is 1. The van der Waals surface area contributed by atoms with Crippen LogP contribution in [0, 0.1) is 0 Å². The molecule has 0 spiro atoms. The van der Waals surface area contributed by atoms with Crippen LogP contribution in [0.5, 0.6) is 0 Å². The van der Waals surface area contributed by atoms with Gasteiger partial charge in [-0.05, 0) is 20.3 Å². The van der Waals surface area contributed by atoms with E-state index in [4.69, 9.17) is 4.74 Å². The summed E-state index contributed by atoms with van der Waals surface area (Å²) in [4.78, 5) is 11.4. The number of aliphatic imine (C=N–C) groups is 1. The molecule has 0 bridgehead atoms. The predicted octanol–water partition coefficient (Wildman–Crippen LogP) is 1.50. The van der Waals surface area contributed by atoms with Gasteiger partial charge in [0.15, 0.2) is 5.96 Å². The van der Waals surface area contributed by atoms with Crippen molar-refractivity contribution in [1.82, 2.24) is 20.5 Å². The average Bonchev–Trinajstić information content (AvgIpc) is 3.08. The quantitative estimate of drug-likeness (QED) is 0.265. The maximum absolute atomic E-state index is 10.7.